The molecule has 0 saturated carbocycles. The fourth-order valence-corrected chi connectivity index (χ4v) is 11.1. The van der Waals surface area contributed by atoms with E-state index < -0.39 is 272 Å². The van der Waals surface area contributed by atoms with Gasteiger partial charge >= 0.3 is 0 Å². The first-order chi connectivity index (χ1) is 36.2. The van der Waals surface area contributed by atoms with Gasteiger partial charge in [0.1, 0.15) is 0 Å². The monoisotopic (exact) mass is 1190 g/mol. The topological polar surface area (TPSA) is 0 Å². The van der Waals surface area contributed by atoms with Gasteiger partial charge in [-0.3, -0.25) is 0 Å². The number of rotatable bonds is 12. The molecule has 0 nitrogen and oxygen atoms in total. The molecule has 0 saturated heterocycles. The molecule has 78 heavy (non-hydrogen) atoms. The Bertz CT molecular complexity index is 3140. The van der Waals surface area contributed by atoms with Crippen LogP contribution in [-0.4, -0.2) is 0 Å². The van der Waals surface area contributed by atoms with Crippen LogP contribution in [0.25, 0.3) is 33.4 Å². The third-order valence-electron chi connectivity index (χ3n) is 11.6. The van der Waals surface area contributed by atoms with Gasteiger partial charge in [-0.05, 0) is 36.0 Å². The quantitative estimate of drug-likeness (QED) is 0.0884. The highest BCUT2D eigenvalue weighted by Gasteiger charge is 2.39. The minimum absolute atomic E-state index is 0.403. The molecule has 0 heterocycles. The Labute approximate surface area is 435 Å². The van der Waals surface area contributed by atoms with Crippen molar-refractivity contribution < 1.29 is 105 Å². The molecule has 0 aromatic heterocycles. The van der Waals surface area contributed by atoms with Crippen molar-refractivity contribution in [3.63, 3.8) is 0 Å². The van der Waals surface area contributed by atoms with E-state index in [0.717, 1.165) is 41.5 Å². The third-order valence-corrected chi connectivity index (χ3v) is 14.7. The zero-order chi connectivity index (χ0) is 58.5. The maximum atomic E-state index is 15.9. The highest BCUT2D eigenvalue weighted by atomic mass is 32.2. The first kappa shape index (κ1) is 59.6. The van der Waals surface area contributed by atoms with Crippen LogP contribution in [0.5, 0.6) is 0 Å². The molecule has 0 N–H and O–H groups in total. The molecule has 0 spiro atoms. The lowest BCUT2D eigenvalue weighted by molar-refractivity contribution is 0.418. The predicted octanol–water partition coefficient (Wildman–Crippen LogP) is 19.8. The average molecular weight is 1190 g/mol. The molecule has 414 valence electrons. The van der Waals surface area contributed by atoms with Gasteiger partial charge in [0.15, 0.2) is 140 Å². The van der Waals surface area contributed by atoms with E-state index in [-0.39, 0.29) is 0 Å². The van der Waals surface area contributed by atoms with E-state index in [9.17, 15) is 26.3 Å². The summed E-state index contributed by atoms with van der Waals surface area (Å²) in [7, 11) is 0. The number of halogens is 24. The second-order valence-corrected chi connectivity index (χ2v) is 20.7. The predicted molar refractivity (Wildman–Crippen MR) is 236 cm³/mol. The largest absolute Gasteiger partial charge is 0.203 e. The lowest BCUT2D eigenvalue weighted by Gasteiger charge is -2.18. The second-order valence-electron chi connectivity index (χ2n) is 17.4. The van der Waals surface area contributed by atoms with Crippen molar-refractivity contribution in [2.75, 3.05) is 0 Å². The van der Waals surface area contributed by atoms with Crippen LogP contribution in [0, 0.1) is 140 Å². The molecule has 7 aromatic carbocycles. The van der Waals surface area contributed by atoms with Gasteiger partial charge in [0.25, 0.3) is 0 Å². The molecular weight excluding hydrogens is 1160 g/mol. The molecule has 7 aromatic rings. The second kappa shape index (κ2) is 21.9. The summed E-state index contributed by atoms with van der Waals surface area (Å²) >= 11 is -1.75. The summed E-state index contributed by atoms with van der Waals surface area (Å²) in [5.74, 6) is -65.2. The molecule has 0 atom stereocenters. The fourth-order valence-electron chi connectivity index (χ4n) is 7.96. The van der Waals surface area contributed by atoms with E-state index in [2.05, 4.69) is 0 Å². The van der Waals surface area contributed by atoms with Crippen molar-refractivity contribution in [3.8, 4) is 33.4 Å². The summed E-state index contributed by atoms with van der Waals surface area (Å²) in [4.78, 5) is -8.91. The van der Waals surface area contributed by atoms with Gasteiger partial charge < -0.3 is 0 Å². The van der Waals surface area contributed by atoms with E-state index in [1.807, 2.05) is 0 Å². The van der Waals surface area contributed by atoms with Crippen LogP contribution in [0.15, 0.2) is 47.6 Å². The van der Waals surface area contributed by atoms with Gasteiger partial charge in [0.2, 0.25) is 0 Å². The molecule has 0 fully saturated rings. The normalized spacial score (nSPS) is 12.0. The van der Waals surface area contributed by atoms with E-state index in [1.165, 1.54) is 0 Å². The summed E-state index contributed by atoms with van der Waals surface area (Å²) in [5, 5.41) is 0. The molecule has 0 aliphatic carbocycles. The fraction of sp³-hybridized carbons (Fsp3) is 0.176. The van der Waals surface area contributed by atoms with Gasteiger partial charge in [0.05, 0.1) is 48.1 Å². The zero-order valence-electron chi connectivity index (χ0n) is 39.3. The third kappa shape index (κ3) is 9.61. The minimum Gasteiger partial charge on any atom is -0.203 e. The highest BCUT2D eigenvalue weighted by Crippen LogP contribution is 2.49. The van der Waals surface area contributed by atoms with Gasteiger partial charge in [-0.1, -0.05) is 76.8 Å². The van der Waals surface area contributed by atoms with Crippen LogP contribution in [0.3, 0.4) is 0 Å². The summed E-state index contributed by atoms with van der Waals surface area (Å²) in [6.45, 7) is 6.16. The van der Waals surface area contributed by atoms with Crippen LogP contribution in [0.4, 0.5) is 105 Å². The molecule has 0 unspecified atom stereocenters. The van der Waals surface area contributed by atoms with E-state index in [0.29, 0.717) is 18.2 Å². The molecular formula is C51H24F24S3. The van der Waals surface area contributed by atoms with Crippen molar-refractivity contribution in [2.45, 2.75) is 88.7 Å². The molecule has 0 amide bonds. The first-order valence-electron chi connectivity index (χ1n) is 21.6. The summed E-state index contributed by atoms with van der Waals surface area (Å²) in [5.41, 5.74) is -17.9. The van der Waals surface area contributed by atoms with Crippen LogP contribution in [0.2, 0.25) is 0 Å². The Kier molecular flexibility index (Phi) is 16.7. The van der Waals surface area contributed by atoms with Crippen LogP contribution >= 0.6 is 35.3 Å². The summed E-state index contributed by atoms with van der Waals surface area (Å²) in [6, 6.07) is 1.21. The standard InChI is InChI=1S/C51H24F24S3/c1-10(2)16-25(52)31(58)19(32(59)26(16)53)22-37(64)43(70)49(44(71)38(22)65)76-13-7-14(77-50-45(72)39(66)23(40(67)46(50)73)20-33(60)27(54)17(11(3)4)28(55)34(20)61)9-15(8-13)78-51-47(74)41(68)24(42(69)48(51)75)21-35(62)29(56)18(12(5)6)30(57)36(21)63/h7-12H,1-6H3. The maximum absolute atomic E-state index is 15.9. The molecule has 0 radical (unpaired) electrons. The lowest BCUT2D eigenvalue weighted by Crippen LogP contribution is -2.11. The number of hydrogen-bond acceptors (Lipinski definition) is 3. The Balaban J connectivity index is 1.43. The van der Waals surface area contributed by atoms with Gasteiger partial charge in [-0.2, -0.15) is 0 Å². The van der Waals surface area contributed by atoms with Gasteiger partial charge in [0, 0.05) is 31.4 Å². The van der Waals surface area contributed by atoms with Crippen molar-refractivity contribution >= 4 is 35.3 Å². The molecule has 0 aliphatic heterocycles. The maximum Gasteiger partial charge on any atom is 0.176 e. The Morgan fingerprint density at radius 1 is 0.205 bits per heavy atom. The molecule has 0 aliphatic rings. The van der Waals surface area contributed by atoms with Gasteiger partial charge in [-0.15, -0.1) is 0 Å². The van der Waals surface area contributed by atoms with E-state index >= 15 is 79.0 Å². The van der Waals surface area contributed by atoms with E-state index in [1.54, 1.807) is 0 Å². The first-order valence-corrected chi connectivity index (χ1v) is 24.0. The van der Waals surface area contributed by atoms with Crippen molar-refractivity contribution in [1.29, 1.82) is 0 Å². The number of hydrogen-bond donors (Lipinski definition) is 0. The van der Waals surface area contributed by atoms with Crippen molar-refractivity contribution in [3.05, 3.63) is 175 Å². The summed E-state index contributed by atoms with van der Waals surface area (Å²) < 4.78 is 371. The van der Waals surface area contributed by atoms with Gasteiger partial charge in [-0.25, -0.2) is 105 Å². The molecule has 0 bridgehead atoms. The SMILES string of the molecule is CC(C)c1c(F)c(F)c(-c2c(F)c(F)c(Sc3cc(Sc4c(F)c(F)c(-c5c(F)c(F)c(C(C)C)c(F)c5F)c(F)c4F)cc(Sc4c(F)c(F)c(-c5c(F)c(F)c(C(C)C)c(F)c5F)c(F)c4F)c3)c(F)c2F)c(F)c1F. The molecule has 27 heteroatoms. The lowest BCUT2D eigenvalue weighted by atomic mass is 9.95. The molecule has 7 rings (SSSR count). The van der Waals surface area contributed by atoms with Crippen molar-refractivity contribution in [1.82, 2.24) is 0 Å². The smallest absolute Gasteiger partial charge is 0.176 e. The van der Waals surface area contributed by atoms with Crippen LogP contribution in [0.1, 0.15) is 76.0 Å². The minimum atomic E-state index is -2.77. The summed E-state index contributed by atoms with van der Waals surface area (Å²) in [6.07, 6.45) is 0. The Hall–Kier alpha value is -6.09. The van der Waals surface area contributed by atoms with Crippen molar-refractivity contribution in [2.24, 2.45) is 0 Å². The van der Waals surface area contributed by atoms with Crippen LogP contribution in [-0.2, 0) is 0 Å². The highest BCUT2D eigenvalue weighted by molar-refractivity contribution is 8.01. The Morgan fingerprint density at radius 3 is 0.462 bits per heavy atom. The van der Waals surface area contributed by atoms with Crippen LogP contribution < -0.4 is 0 Å². The van der Waals surface area contributed by atoms with E-state index in [4.69, 9.17) is 0 Å². The Morgan fingerprint density at radius 2 is 0.333 bits per heavy atom. The number of benzene rings is 7. The average Bonchev–Trinajstić information content (AvgIpc) is 3.49. The zero-order valence-corrected chi connectivity index (χ0v) is 41.7.